The van der Waals surface area contributed by atoms with Crippen LogP contribution in [0.1, 0.15) is 12.0 Å². The Balaban J connectivity index is 2.28. The molecular formula is C12H15ClN4O. The number of methoxy groups -OCH3 is 1. The normalized spacial score (nSPS) is 10.8. The first-order valence-corrected chi connectivity index (χ1v) is 6.10. The summed E-state index contributed by atoms with van der Waals surface area (Å²) < 4.78 is 6.95. The van der Waals surface area contributed by atoms with E-state index in [1.165, 1.54) is 6.33 Å². The maximum absolute atomic E-state index is 6.01. The molecule has 0 spiro atoms. The molecule has 0 amide bonds. The van der Waals surface area contributed by atoms with E-state index in [4.69, 9.17) is 16.3 Å². The fraction of sp³-hybridized carbons (Fsp3) is 0.417. The number of aryl methyl sites for hydroxylation is 1. The number of hydrogen-bond acceptors (Lipinski definition) is 4. The largest absolute Gasteiger partial charge is 0.385 e. The molecule has 2 heterocycles. The molecule has 0 aliphatic carbocycles. The van der Waals surface area contributed by atoms with Gasteiger partial charge in [-0.2, -0.15) is 5.10 Å². The van der Waals surface area contributed by atoms with Crippen LogP contribution in [0, 0.1) is 6.92 Å². The van der Waals surface area contributed by atoms with Gasteiger partial charge in [0.15, 0.2) is 0 Å². The van der Waals surface area contributed by atoms with Crippen molar-refractivity contribution >= 4 is 11.6 Å². The number of aromatic nitrogens is 4. The van der Waals surface area contributed by atoms with Gasteiger partial charge in [-0.15, -0.1) is 0 Å². The molecule has 18 heavy (non-hydrogen) atoms. The molecule has 96 valence electrons. The molecule has 0 radical (unpaired) electrons. The minimum absolute atomic E-state index is 0.477. The van der Waals surface area contributed by atoms with Crippen LogP contribution in [0.15, 0.2) is 18.6 Å². The van der Waals surface area contributed by atoms with Crippen LogP contribution in [0.3, 0.4) is 0 Å². The van der Waals surface area contributed by atoms with Crippen LogP contribution in [0.4, 0.5) is 0 Å². The summed E-state index contributed by atoms with van der Waals surface area (Å²) in [5.41, 5.74) is 2.64. The summed E-state index contributed by atoms with van der Waals surface area (Å²) in [6.07, 6.45) is 4.14. The van der Waals surface area contributed by atoms with Gasteiger partial charge in [0.2, 0.25) is 0 Å². The highest BCUT2D eigenvalue weighted by molar-refractivity contribution is 6.30. The summed E-state index contributed by atoms with van der Waals surface area (Å²) in [7, 11) is 1.69. The van der Waals surface area contributed by atoms with Crippen molar-refractivity contribution in [2.24, 2.45) is 0 Å². The molecule has 0 aliphatic rings. The first-order valence-electron chi connectivity index (χ1n) is 5.72. The molecule has 2 aromatic rings. The molecule has 0 saturated heterocycles. The van der Waals surface area contributed by atoms with Crippen LogP contribution < -0.4 is 0 Å². The standard InChI is InChI=1S/C12H15ClN4O/c1-9-11(14-8-15-12(9)13)10-4-5-16-17(10)6-3-7-18-2/h4-5,8H,3,6-7H2,1-2H3. The summed E-state index contributed by atoms with van der Waals surface area (Å²) in [6, 6.07) is 1.93. The Morgan fingerprint density at radius 1 is 1.39 bits per heavy atom. The van der Waals surface area contributed by atoms with E-state index in [-0.39, 0.29) is 0 Å². The summed E-state index contributed by atoms with van der Waals surface area (Å²) in [5, 5.41) is 4.77. The van der Waals surface area contributed by atoms with Crippen molar-refractivity contribution in [1.29, 1.82) is 0 Å². The zero-order valence-corrected chi connectivity index (χ0v) is 11.2. The van der Waals surface area contributed by atoms with E-state index >= 15 is 0 Å². The van der Waals surface area contributed by atoms with Crippen LogP contribution in [0.25, 0.3) is 11.4 Å². The summed E-state index contributed by atoms with van der Waals surface area (Å²) in [4.78, 5) is 8.24. The van der Waals surface area contributed by atoms with Gasteiger partial charge in [0.1, 0.15) is 11.5 Å². The predicted molar refractivity (Wildman–Crippen MR) is 69.5 cm³/mol. The Kier molecular flexibility index (Phi) is 4.28. The van der Waals surface area contributed by atoms with Gasteiger partial charge in [0, 0.05) is 32.0 Å². The lowest BCUT2D eigenvalue weighted by molar-refractivity contribution is 0.189. The van der Waals surface area contributed by atoms with Gasteiger partial charge in [-0.3, -0.25) is 4.68 Å². The van der Waals surface area contributed by atoms with Crippen molar-refractivity contribution in [2.75, 3.05) is 13.7 Å². The van der Waals surface area contributed by atoms with E-state index in [1.54, 1.807) is 13.3 Å². The highest BCUT2D eigenvalue weighted by Crippen LogP contribution is 2.24. The predicted octanol–water partition coefficient (Wildman–Crippen LogP) is 2.34. The van der Waals surface area contributed by atoms with Crippen molar-refractivity contribution < 1.29 is 4.74 Å². The lowest BCUT2D eigenvalue weighted by Gasteiger charge is -2.09. The van der Waals surface area contributed by atoms with Crippen LogP contribution in [0.2, 0.25) is 5.15 Å². The smallest absolute Gasteiger partial charge is 0.136 e. The zero-order valence-electron chi connectivity index (χ0n) is 10.4. The Morgan fingerprint density at radius 2 is 2.22 bits per heavy atom. The van der Waals surface area contributed by atoms with Gasteiger partial charge in [0.25, 0.3) is 0 Å². The molecule has 0 unspecified atom stereocenters. The molecule has 0 aromatic carbocycles. The second-order valence-electron chi connectivity index (χ2n) is 3.92. The van der Waals surface area contributed by atoms with Crippen LogP contribution >= 0.6 is 11.6 Å². The van der Waals surface area contributed by atoms with Crippen molar-refractivity contribution in [3.05, 3.63) is 29.3 Å². The third-order valence-electron chi connectivity index (χ3n) is 2.70. The molecule has 2 rings (SSSR count). The number of ether oxygens (including phenoxy) is 1. The van der Waals surface area contributed by atoms with Crippen molar-refractivity contribution in [3.63, 3.8) is 0 Å². The lowest BCUT2D eigenvalue weighted by atomic mass is 10.2. The Hall–Kier alpha value is -1.46. The Bertz CT molecular complexity index is 527. The summed E-state index contributed by atoms with van der Waals surface area (Å²) in [6.45, 7) is 3.41. The number of halogens is 1. The van der Waals surface area contributed by atoms with Crippen LogP contribution in [-0.2, 0) is 11.3 Å². The number of hydrogen-bond donors (Lipinski definition) is 0. The molecule has 0 bridgehead atoms. The van der Waals surface area contributed by atoms with Crippen molar-refractivity contribution in [2.45, 2.75) is 19.9 Å². The van der Waals surface area contributed by atoms with Gasteiger partial charge < -0.3 is 4.74 Å². The fourth-order valence-corrected chi connectivity index (χ4v) is 1.89. The van der Waals surface area contributed by atoms with Gasteiger partial charge in [-0.25, -0.2) is 9.97 Å². The first-order chi connectivity index (χ1) is 8.74. The molecular weight excluding hydrogens is 252 g/mol. The Labute approximate surface area is 111 Å². The van der Waals surface area contributed by atoms with Gasteiger partial charge in [0.05, 0.1) is 11.4 Å². The highest BCUT2D eigenvalue weighted by atomic mass is 35.5. The molecule has 0 N–H and O–H groups in total. The summed E-state index contributed by atoms with van der Waals surface area (Å²) in [5.74, 6) is 0. The minimum Gasteiger partial charge on any atom is -0.385 e. The van der Waals surface area contributed by atoms with Crippen LogP contribution in [-0.4, -0.2) is 33.5 Å². The molecule has 0 saturated carbocycles. The minimum atomic E-state index is 0.477. The summed E-state index contributed by atoms with van der Waals surface area (Å²) >= 11 is 6.01. The van der Waals surface area contributed by atoms with E-state index < -0.39 is 0 Å². The SMILES string of the molecule is COCCCn1nccc1-c1ncnc(Cl)c1C. The highest BCUT2D eigenvalue weighted by Gasteiger charge is 2.12. The molecule has 5 nitrogen and oxygen atoms in total. The number of nitrogens with zero attached hydrogens (tertiary/aromatic N) is 4. The lowest BCUT2D eigenvalue weighted by Crippen LogP contribution is -2.06. The zero-order chi connectivity index (χ0) is 13.0. The maximum Gasteiger partial charge on any atom is 0.136 e. The van der Waals surface area contributed by atoms with E-state index in [9.17, 15) is 0 Å². The molecule has 6 heteroatoms. The third kappa shape index (κ3) is 2.68. The van der Waals surface area contributed by atoms with E-state index in [0.29, 0.717) is 11.8 Å². The average molecular weight is 267 g/mol. The molecule has 0 atom stereocenters. The monoisotopic (exact) mass is 266 g/mol. The van der Waals surface area contributed by atoms with Crippen LogP contribution in [0.5, 0.6) is 0 Å². The molecule has 0 fully saturated rings. The fourth-order valence-electron chi connectivity index (χ4n) is 1.76. The topological polar surface area (TPSA) is 52.8 Å². The van der Waals surface area contributed by atoms with E-state index in [2.05, 4.69) is 15.1 Å². The maximum atomic E-state index is 6.01. The third-order valence-corrected chi connectivity index (χ3v) is 3.08. The molecule has 0 aliphatic heterocycles. The van der Waals surface area contributed by atoms with Gasteiger partial charge in [-0.05, 0) is 19.4 Å². The Morgan fingerprint density at radius 3 is 3.00 bits per heavy atom. The quantitative estimate of drug-likeness (QED) is 0.616. The van der Waals surface area contributed by atoms with Gasteiger partial charge in [-0.1, -0.05) is 11.6 Å². The first kappa shape index (κ1) is 13.0. The second kappa shape index (κ2) is 5.93. The van der Waals surface area contributed by atoms with E-state index in [1.807, 2.05) is 17.7 Å². The van der Waals surface area contributed by atoms with E-state index in [0.717, 1.165) is 29.9 Å². The molecule has 2 aromatic heterocycles. The second-order valence-corrected chi connectivity index (χ2v) is 4.28. The number of rotatable bonds is 5. The van der Waals surface area contributed by atoms with Crippen molar-refractivity contribution in [1.82, 2.24) is 19.7 Å². The average Bonchev–Trinajstić information content (AvgIpc) is 2.81. The van der Waals surface area contributed by atoms with Crippen molar-refractivity contribution in [3.8, 4) is 11.4 Å². The van der Waals surface area contributed by atoms with Gasteiger partial charge >= 0.3 is 0 Å².